The van der Waals surface area contributed by atoms with E-state index in [0.717, 1.165) is 44.9 Å². The van der Waals surface area contributed by atoms with Crippen LogP contribution in [0.1, 0.15) is 41.1 Å². The predicted molar refractivity (Wildman–Crippen MR) is 162 cm³/mol. The number of fused-ring (bicyclic) bond motifs is 1. The smallest absolute Gasteiger partial charge is 0.226 e. The van der Waals surface area contributed by atoms with Gasteiger partial charge in [-0.2, -0.15) is 0 Å². The molecule has 0 unspecified atom stereocenters. The van der Waals surface area contributed by atoms with Crippen LogP contribution >= 0.6 is 12.2 Å². The summed E-state index contributed by atoms with van der Waals surface area (Å²) in [6, 6.07) is 27.7. The van der Waals surface area contributed by atoms with Crippen molar-refractivity contribution < 1.29 is 4.79 Å². The zero-order valence-electron chi connectivity index (χ0n) is 22.4. The molecule has 1 aliphatic rings. The van der Waals surface area contributed by atoms with Crippen molar-refractivity contribution in [2.45, 2.75) is 32.4 Å². The van der Waals surface area contributed by atoms with Gasteiger partial charge in [-0.15, -0.1) is 0 Å². The molecule has 0 saturated carbocycles. The third kappa shape index (κ3) is 4.82. The second kappa shape index (κ2) is 10.9. The molecule has 6 rings (SSSR count). The minimum atomic E-state index is -0.160. The molecule has 40 heavy (non-hydrogen) atoms. The molecule has 4 heterocycles. The summed E-state index contributed by atoms with van der Waals surface area (Å²) >= 11 is 5.85. The van der Waals surface area contributed by atoms with Crippen LogP contribution in [0.3, 0.4) is 0 Å². The number of aromatic nitrogens is 3. The number of carbonyl (C=O) groups excluding carboxylic acids is 1. The fourth-order valence-corrected chi connectivity index (χ4v) is 6.01. The molecule has 1 aliphatic heterocycles. The number of carbonyl (C=O) groups is 1. The Balaban J connectivity index is 1.30. The minimum absolute atomic E-state index is 0.0573. The Bertz CT molecular complexity index is 1680. The Morgan fingerprint density at radius 1 is 0.950 bits per heavy atom. The highest BCUT2D eigenvalue weighted by molar-refractivity contribution is 7.80. The summed E-state index contributed by atoms with van der Waals surface area (Å²) in [5, 5.41) is 9.34. The molecule has 7 nitrogen and oxygen atoms in total. The third-order valence-electron chi connectivity index (χ3n) is 7.51. The molecule has 2 N–H and O–H groups in total. The number of aryl methyl sites for hydroxylation is 1. The van der Waals surface area contributed by atoms with Gasteiger partial charge in [0.25, 0.3) is 0 Å². The van der Waals surface area contributed by atoms with Crippen molar-refractivity contribution >= 4 is 39.7 Å². The van der Waals surface area contributed by atoms with Gasteiger partial charge in [0.2, 0.25) is 5.91 Å². The fraction of sp³-hybridized carbons (Fsp3) is 0.188. The lowest BCUT2D eigenvalue weighted by atomic mass is 9.96. The van der Waals surface area contributed by atoms with Crippen molar-refractivity contribution in [3.05, 3.63) is 120 Å². The first-order valence-electron chi connectivity index (χ1n) is 13.4. The summed E-state index contributed by atoms with van der Waals surface area (Å²) in [6.45, 7) is 4.66. The lowest BCUT2D eigenvalue weighted by molar-refractivity contribution is -0.116. The molecule has 0 radical (unpaired) electrons. The molecule has 0 aliphatic carbocycles. The molecular weight excluding hydrogens is 516 g/mol. The van der Waals surface area contributed by atoms with E-state index in [2.05, 4.69) is 50.0 Å². The van der Waals surface area contributed by atoms with Crippen molar-refractivity contribution in [2.24, 2.45) is 0 Å². The number of hydrogen-bond donors (Lipinski definition) is 2. The fourth-order valence-electron chi connectivity index (χ4n) is 5.68. The number of hydrogen-bond acceptors (Lipinski definition) is 4. The minimum Gasteiger partial charge on any atom is -0.352 e. The van der Waals surface area contributed by atoms with E-state index in [1.807, 2.05) is 78.9 Å². The van der Waals surface area contributed by atoms with Gasteiger partial charge in [-0.25, -0.2) is 4.98 Å². The molecule has 0 bridgehead atoms. The van der Waals surface area contributed by atoms with Crippen LogP contribution in [-0.4, -0.2) is 37.0 Å². The summed E-state index contributed by atoms with van der Waals surface area (Å²) in [6.07, 6.45) is 3.89. The first kappa shape index (κ1) is 25.7. The van der Waals surface area contributed by atoms with Crippen LogP contribution in [0.2, 0.25) is 0 Å². The lowest BCUT2D eigenvalue weighted by Crippen LogP contribution is -2.33. The van der Waals surface area contributed by atoms with Crippen LogP contribution in [0.4, 0.5) is 5.69 Å². The van der Waals surface area contributed by atoms with Gasteiger partial charge in [0.05, 0.1) is 17.8 Å². The van der Waals surface area contributed by atoms with Crippen molar-refractivity contribution in [1.82, 2.24) is 24.8 Å². The second-order valence-electron chi connectivity index (χ2n) is 9.99. The van der Waals surface area contributed by atoms with Crippen molar-refractivity contribution in [3.63, 3.8) is 0 Å². The molecule has 2 atom stereocenters. The topological polar surface area (TPSA) is 75.1 Å². The molecule has 1 saturated heterocycles. The van der Waals surface area contributed by atoms with Crippen LogP contribution in [0.25, 0.3) is 16.6 Å². The highest BCUT2D eigenvalue weighted by atomic mass is 32.1. The average molecular weight is 547 g/mol. The van der Waals surface area contributed by atoms with Crippen LogP contribution in [0.15, 0.2) is 97.3 Å². The highest BCUT2D eigenvalue weighted by Crippen LogP contribution is 2.41. The maximum atomic E-state index is 13.2. The van der Waals surface area contributed by atoms with Gasteiger partial charge >= 0.3 is 0 Å². The van der Waals surface area contributed by atoms with Gasteiger partial charge in [-0.05, 0) is 73.4 Å². The van der Waals surface area contributed by atoms with Gasteiger partial charge in [0.15, 0.2) is 5.11 Å². The first-order chi connectivity index (χ1) is 19.5. The van der Waals surface area contributed by atoms with Gasteiger partial charge in [-0.3, -0.25) is 9.78 Å². The summed E-state index contributed by atoms with van der Waals surface area (Å²) in [5.41, 5.74) is 5.00. The normalized spacial score (nSPS) is 16.8. The van der Waals surface area contributed by atoms with E-state index in [1.54, 1.807) is 12.4 Å². The second-order valence-corrected chi connectivity index (χ2v) is 10.4. The number of rotatable bonds is 7. The standard InChI is InChI=1S/C32H30N6OS/c1-21-20-25(22(2)38(21)28-15-6-8-18-34-28)31-30(27-13-5-7-17-33-27)36-32(40)37(31)19-16-29(39)35-26-14-9-11-23-10-3-4-12-24(23)26/h3-15,17-18,20,30-31H,16,19H2,1-2H3,(H,35,39)(H,36,40)/t30-,31-/m1/s1. The van der Waals surface area contributed by atoms with Crippen molar-refractivity contribution in [1.29, 1.82) is 0 Å². The Hall–Kier alpha value is -4.56. The Kier molecular flexibility index (Phi) is 7.00. The van der Waals surface area contributed by atoms with E-state index < -0.39 is 0 Å². The summed E-state index contributed by atoms with van der Waals surface area (Å²) in [5.74, 6) is 0.811. The Labute approximate surface area is 238 Å². The number of pyridine rings is 2. The number of benzene rings is 2. The Morgan fingerprint density at radius 3 is 2.48 bits per heavy atom. The van der Waals surface area contributed by atoms with Crippen LogP contribution in [0.5, 0.6) is 0 Å². The molecule has 1 amide bonds. The molecular formula is C32H30N6OS. The monoisotopic (exact) mass is 546 g/mol. The van der Waals surface area contributed by atoms with E-state index in [0.29, 0.717) is 11.7 Å². The summed E-state index contributed by atoms with van der Waals surface area (Å²) in [4.78, 5) is 24.6. The largest absolute Gasteiger partial charge is 0.352 e. The average Bonchev–Trinajstić information content (AvgIpc) is 3.47. The van der Waals surface area contributed by atoms with Gasteiger partial charge in [0, 0.05) is 47.8 Å². The van der Waals surface area contributed by atoms with Gasteiger partial charge in [-0.1, -0.05) is 48.5 Å². The Morgan fingerprint density at radius 2 is 1.70 bits per heavy atom. The van der Waals surface area contributed by atoms with E-state index in [4.69, 9.17) is 12.2 Å². The van der Waals surface area contributed by atoms with E-state index in [1.165, 1.54) is 0 Å². The molecule has 2 aromatic carbocycles. The molecule has 8 heteroatoms. The highest BCUT2D eigenvalue weighted by Gasteiger charge is 2.41. The molecule has 3 aromatic heterocycles. The number of nitrogens with one attached hydrogen (secondary N) is 2. The maximum Gasteiger partial charge on any atom is 0.226 e. The van der Waals surface area contributed by atoms with Crippen LogP contribution < -0.4 is 10.6 Å². The van der Waals surface area contributed by atoms with E-state index in [9.17, 15) is 4.79 Å². The SMILES string of the molecule is Cc1cc([C@@H]2[C@@H](c3ccccn3)NC(=S)N2CCC(=O)Nc2cccc3ccccc23)c(C)n1-c1ccccn1. The predicted octanol–water partition coefficient (Wildman–Crippen LogP) is 6.04. The van der Waals surface area contributed by atoms with Crippen LogP contribution in [-0.2, 0) is 4.79 Å². The molecule has 1 fully saturated rings. The molecule has 5 aromatic rings. The van der Waals surface area contributed by atoms with Gasteiger partial charge < -0.3 is 20.1 Å². The third-order valence-corrected chi connectivity index (χ3v) is 7.86. The quantitative estimate of drug-likeness (QED) is 0.243. The first-order valence-corrected chi connectivity index (χ1v) is 13.8. The zero-order chi connectivity index (χ0) is 27.6. The van der Waals surface area contributed by atoms with E-state index in [-0.39, 0.29) is 24.4 Å². The summed E-state index contributed by atoms with van der Waals surface area (Å²) < 4.78 is 2.16. The summed E-state index contributed by atoms with van der Waals surface area (Å²) in [7, 11) is 0. The van der Waals surface area contributed by atoms with Crippen molar-refractivity contribution in [2.75, 3.05) is 11.9 Å². The molecule has 200 valence electrons. The molecule has 0 spiro atoms. The van der Waals surface area contributed by atoms with Crippen LogP contribution in [0, 0.1) is 13.8 Å². The van der Waals surface area contributed by atoms with E-state index >= 15 is 0 Å². The number of nitrogens with zero attached hydrogens (tertiary/aromatic N) is 4. The lowest BCUT2D eigenvalue weighted by Gasteiger charge is -2.28. The number of thiocarbonyl (C=S) groups is 1. The van der Waals surface area contributed by atoms with Crippen molar-refractivity contribution in [3.8, 4) is 5.82 Å². The van der Waals surface area contributed by atoms with Gasteiger partial charge in [0.1, 0.15) is 5.82 Å². The zero-order valence-corrected chi connectivity index (χ0v) is 23.2. The number of anilines is 1. The maximum absolute atomic E-state index is 13.2. The number of amides is 1.